The average molecular weight is 483 g/mol. The van der Waals surface area contributed by atoms with Gasteiger partial charge in [-0.15, -0.1) is 0 Å². The fourth-order valence-corrected chi connectivity index (χ4v) is 4.05. The number of nitro benzene ring substituents is 1. The highest BCUT2D eigenvalue weighted by Gasteiger charge is 2.32. The van der Waals surface area contributed by atoms with E-state index < -0.39 is 22.9 Å². The van der Waals surface area contributed by atoms with Gasteiger partial charge in [0, 0.05) is 24.8 Å². The van der Waals surface area contributed by atoms with Crippen molar-refractivity contribution in [2.45, 2.75) is 45.3 Å². The van der Waals surface area contributed by atoms with E-state index in [1.807, 2.05) is 18.2 Å². The van der Waals surface area contributed by atoms with E-state index in [9.17, 15) is 24.5 Å². The lowest BCUT2D eigenvalue weighted by molar-refractivity contribution is -0.385. The molecule has 3 amide bonds. The SMILES string of the molecule is CC(C)OC(=O)CC(NC(=O)C1CCCN(C(=O)Nc2ccccc2)C1)c1ccccc1[N+](=O)[O-]. The Morgan fingerprint density at radius 3 is 2.49 bits per heavy atom. The van der Waals surface area contributed by atoms with Crippen molar-refractivity contribution in [2.24, 2.45) is 5.92 Å². The van der Waals surface area contributed by atoms with E-state index in [0.717, 1.165) is 0 Å². The summed E-state index contributed by atoms with van der Waals surface area (Å²) in [5.74, 6) is -1.46. The lowest BCUT2D eigenvalue weighted by Gasteiger charge is -2.33. The number of hydrogen-bond acceptors (Lipinski definition) is 6. The molecule has 2 N–H and O–H groups in total. The Balaban J connectivity index is 1.73. The Labute approximate surface area is 203 Å². The lowest BCUT2D eigenvalue weighted by atomic mass is 9.95. The number of urea groups is 1. The molecular weight excluding hydrogens is 452 g/mol. The van der Waals surface area contributed by atoms with Crippen molar-refractivity contribution in [1.29, 1.82) is 0 Å². The van der Waals surface area contributed by atoms with Crippen LogP contribution in [0.1, 0.15) is 44.7 Å². The number of para-hydroxylation sites is 2. The van der Waals surface area contributed by atoms with Crippen LogP contribution in [-0.4, -0.2) is 46.9 Å². The van der Waals surface area contributed by atoms with E-state index in [2.05, 4.69) is 10.6 Å². The van der Waals surface area contributed by atoms with Crippen molar-refractivity contribution < 1.29 is 24.0 Å². The number of nitro groups is 1. The van der Waals surface area contributed by atoms with E-state index in [0.29, 0.717) is 25.1 Å². The number of benzene rings is 2. The van der Waals surface area contributed by atoms with E-state index in [1.165, 1.54) is 18.2 Å². The van der Waals surface area contributed by atoms with Crippen LogP contribution >= 0.6 is 0 Å². The standard InChI is InChI=1S/C25H30N4O6/c1-17(2)35-23(30)15-21(20-12-6-7-13-22(20)29(33)34)27-24(31)18-9-8-14-28(16-18)25(32)26-19-10-4-3-5-11-19/h3-7,10-13,17-18,21H,8-9,14-16H2,1-2H3,(H,26,32)(H,27,31). The van der Waals surface area contributed by atoms with E-state index in [1.54, 1.807) is 36.9 Å². The van der Waals surface area contributed by atoms with Crippen molar-refractivity contribution in [1.82, 2.24) is 10.2 Å². The summed E-state index contributed by atoms with van der Waals surface area (Å²) in [5, 5.41) is 17.2. The van der Waals surface area contributed by atoms with Gasteiger partial charge in [0.1, 0.15) is 0 Å². The Hall–Kier alpha value is -3.95. The molecule has 186 valence electrons. The van der Waals surface area contributed by atoms with Crippen LogP contribution in [0.3, 0.4) is 0 Å². The lowest BCUT2D eigenvalue weighted by Crippen LogP contribution is -2.47. The molecule has 1 heterocycles. The number of nitrogens with zero attached hydrogens (tertiary/aromatic N) is 2. The molecule has 0 spiro atoms. The van der Waals surface area contributed by atoms with Crippen LogP contribution in [-0.2, 0) is 14.3 Å². The molecule has 2 atom stereocenters. The van der Waals surface area contributed by atoms with Gasteiger partial charge in [0.05, 0.1) is 35.0 Å². The van der Waals surface area contributed by atoms with Crippen LogP contribution in [0.4, 0.5) is 16.2 Å². The molecule has 2 unspecified atom stereocenters. The number of amides is 3. The van der Waals surface area contributed by atoms with Gasteiger partial charge < -0.3 is 20.3 Å². The zero-order chi connectivity index (χ0) is 25.4. The molecule has 0 saturated carbocycles. The van der Waals surface area contributed by atoms with Gasteiger partial charge in [-0.2, -0.15) is 0 Å². The smallest absolute Gasteiger partial charge is 0.321 e. The third-order valence-corrected chi connectivity index (χ3v) is 5.67. The van der Waals surface area contributed by atoms with Crippen molar-refractivity contribution >= 4 is 29.3 Å². The monoisotopic (exact) mass is 482 g/mol. The summed E-state index contributed by atoms with van der Waals surface area (Å²) >= 11 is 0. The average Bonchev–Trinajstić information content (AvgIpc) is 2.83. The second-order valence-corrected chi connectivity index (χ2v) is 8.70. The highest BCUT2D eigenvalue weighted by Crippen LogP contribution is 2.29. The molecule has 1 fully saturated rings. The normalized spacial score (nSPS) is 16.3. The van der Waals surface area contributed by atoms with Crippen molar-refractivity contribution in [3.63, 3.8) is 0 Å². The molecule has 0 bridgehead atoms. The van der Waals surface area contributed by atoms with Gasteiger partial charge >= 0.3 is 12.0 Å². The number of carbonyl (C=O) groups is 3. The first-order valence-electron chi connectivity index (χ1n) is 11.6. The third kappa shape index (κ3) is 7.26. The van der Waals surface area contributed by atoms with Gasteiger partial charge in [0.25, 0.3) is 5.69 Å². The largest absolute Gasteiger partial charge is 0.463 e. The minimum absolute atomic E-state index is 0.192. The molecule has 1 saturated heterocycles. The second-order valence-electron chi connectivity index (χ2n) is 8.70. The molecule has 10 nitrogen and oxygen atoms in total. The predicted octanol–water partition coefficient (Wildman–Crippen LogP) is 4.04. The first-order valence-corrected chi connectivity index (χ1v) is 11.6. The molecule has 2 aromatic carbocycles. The summed E-state index contributed by atoms with van der Waals surface area (Å²) in [4.78, 5) is 50.9. The van der Waals surface area contributed by atoms with Crippen molar-refractivity contribution in [2.75, 3.05) is 18.4 Å². The maximum Gasteiger partial charge on any atom is 0.321 e. The van der Waals surface area contributed by atoms with Gasteiger partial charge in [-0.25, -0.2) is 4.79 Å². The van der Waals surface area contributed by atoms with Crippen LogP contribution in [0.5, 0.6) is 0 Å². The molecular formula is C25H30N4O6. The number of ether oxygens (including phenoxy) is 1. The Kier molecular flexibility index (Phi) is 8.77. The number of likely N-dealkylation sites (tertiary alicyclic amines) is 1. The van der Waals surface area contributed by atoms with Crippen LogP contribution in [0, 0.1) is 16.0 Å². The molecule has 10 heteroatoms. The molecule has 2 aromatic rings. The highest BCUT2D eigenvalue weighted by atomic mass is 16.6. The first kappa shape index (κ1) is 25.7. The van der Waals surface area contributed by atoms with Crippen LogP contribution in [0.15, 0.2) is 54.6 Å². The summed E-state index contributed by atoms with van der Waals surface area (Å²) in [6.45, 7) is 4.11. The number of anilines is 1. The minimum atomic E-state index is -0.941. The predicted molar refractivity (Wildman–Crippen MR) is 130 cm³/mol. The van der Waals surface area contributed by atoms with E-state index >= 15 is 0 Å². The van der Waals surface area contributed by atoms with Gasteiger partial charge in [0.2, 0.25) is 5.91 Å². The maximum absolute atomic E-state index is 13.2. The van der Waals surface area contributed by atoms with Crippen molar-refractivity contribution in [3.8, 4) is 0 Å². The fourth-order valence-electron chi connectivity index (χ4n) is 4.05. The number of rotatable bonds is 8. The van der Waals surface area contributed by atoms with Gasteiger partial charge in [-0.05, 0) is 38.8 Å². The highest BCUT2D eigenvalue weighted by molar-refractivity contribution is 5.90. The van der Waals surface area contributed by atoms with Gasteiger partial charge in [-0.1, -0.05) is 36.4 Å². The minimum Gasteiger partial charge on any atom is -0.463 e. The van der Waals surface area contributed by atoms with Crippen LogP contribution in [0.2, 0.25) is 0 Å². The molecule has 1 aliphatic heterocycles. The summed E-state index contributed by atoms with van der Waals surface area (Å²) < 4.78 is 5.21. The number of carbonyl (C=O) groups excluding carboxylic acids is 3. The molecule has 0 aliphatic carbocycles. The van der Waals surface area contributed by atoms with Crippen molar-refractivity contribution in [3.05, 3.63) is 70.3 Å². The second kappa shape index (κ2) is 12.0. The molecule has 0 aromatic heterocycles. The molecule has 35 heavy (non-hydrogen) atoms. The number of nitrogens with one attached hydrogen (secondary N) is 2. The summed E-state index contributed by atoms with van der Waals surface area (Å²) in [6, 6.07) is 13.8. The number of hydrogen-bond donors (Lipinski definition) is 2. The van der Waals surface area contributed by atoms with Crippen LogP contribution in [0.25, 0.3) is 0 Å². The maximum atomic E-state index is 13.2. The quantitative estimate of drug-likeness (QED) is 0.332. The topological polar surface area (TPSA) is 131 Å². The van der Waals surface area contributed by atoms with E-state index in [-0.39, 0.29) is 42.3 Å². The Morgan fingerprint density at radius 2 is 1.80 bits per heavy atom. The Bertz CT molecular complexity index is 1060. The molecule has 1 aliphatic rings. The third-order valence-electron chi connectivity index (χ3n) is 5.67. The first-order chi connectivity index (χ1) is 16.7. The number of esters is 1. The zero-order valence-corrected chi connectivity index (χ0v) is 19.8. The summed E-state index contributed by atoms with van der Waals surface area (Å²) in [6.07, 6.45) is 0.576. The summed E-state index contributed by atoms with van der Waals surface area (Å²) in [5.41, 5.74) is 0.688. The molecule has 0 radical (unpaired) electrons. The Morgan fingerprint density at radius 1 is 1.11 bits per heavy atom. The molecule has 3 rings (SSSR count). The van der Waals surface area contributed by atoms with Crippen LogP contribution < -0.4 is 10.6 Å². The zero-order valence-electron chi connectivity index (χ0n) is 19.8. The summed E-state index contributed by atoms with van der Waals surface area (Å²) in [7, 11) is 0. The fraction of sp³-hybridized carbons (Fsp3) is 0.400. The van der Waals surface area contributed by atoms with Gasteiger partial charge in [0.15, 0.2) is 0 Å². The van der Waals surface area contributed by atoms with E-state index in [4.69, 9.17) is 4.74 Å². The van der Waals surface area contributed by atoms with Gasteiger partial charge in [-0.3, -0.25) is 19.7 Å². The number of piperidine rings is 1.